The van der Waals surface area contributed by atoms with E-state index in [0.717, 1.165) is 18.4 Å². The topological polar surface area (TPSA) is 78.5 Å². The molecule has 1 fully saturated rings. The van der Waals surface area contributed by atoms with Crippen molar-refractivity contribution in [2.75, 3.05) is 13.1 Å². The quantitative estimate of drug-likeness (QED) is 0.674. The summed E-state index contributed by atoms with van der Waals surface area (Å²) in [6.45, 7) is 8.41. The lowest BCUT2D eigenvalue weighted by Crippen LogP contribution is -2.46. The Labute approximate surface area is 163 Å². The van der Waals surface area contributed by atoms with Crippen LogP contribution in [0.3, 0.4) is 0 Å². The highest BCUT2D eigenvalue weighted by Gasteiger charge is 2.23. The summed E-state index contributed by atoms with van der Waals surface area (Å²) in [4.78, 5) is 12.6. The average Bonchev–Trinajstić information content (AvgIpc) is 3.15. The molecule has 2 rings (SSSR count). The Balaban J connectivity index is 1.98. The Kier molecular flexibility index (Phi) is 7.82. The molecular formula is C20H33N3O3S. The molecule has 1 aliphatic carbocycles. The van der Waals surface area contributed by atoms with Crippen molar-refractivity contribution >= 4 is 15.9 Å². The predicted molar refractivity (Wildman–Crippen MR) is 108 cm³/mol. The summed E-state index contributed by atoms with van der Waals surface area (Å²) in [6.07, 6.45) is 4.50. The van der Waals surface area contributed by atoms with Gasteiger partial charge in [-0.05, 0) is 44.4 Å². The summed E-state index contributed by atoms with van der Waals surface area (Å²) in [5, 5.41) is 6.40. The van der Waals surface area contributed by atoms with Gasteiger partial charge in [-0.15, -0.1) is 0 Å². The number of benzene rings is 1. The Morgan fingerprint density at radius 3 is 2.19 bits per heavy atom. The molecule has 2 atom stereocenters. The van der Waals surface area contributed by atoms with E-state index in [1.54, 1.807) is 12.1 Å². The molecule has 6 nitrogen and oxygen atoms in total. The monoisotopic (exact) mass is 395 g/mol. The van der Waals surface area contributed by atoms with Gasteiger partial charge in [0.15, 0.2) is 0 Å². The first kappa shape index (κ1) is 21.9. The minimum atomic E-state index is -3.44. The van der Waals surface area contributed by atoms with E-state index < -0.39 is 10.0 Å². The molecule has 1 aliphatic rings. The maximum atomic E-state index is 12.6. The number of hydrogen-bond donors (Lipinski definition) is 2. The number of nitrogens with zero attached hydrogens (tertiary/aromatic N) is 1. The minimum Gasteiger partial charge on any atom is -0.352 e. The zero-order valence-electron chi connectivity index (χ0n) is 16.9. The maximum absolute atomic E-state index is 12.6. The van der Waals surface area contributed by atoms with Crippen LogP contribution in [0.5, 0.6) is 0 Å². The molecule has 0 unspecified atom stereocenters. The van der Waals surface area contributed by atoms with E-state index in [1.807, 2.05) is 39.8 Å². The molecule has 2 N–H and O–H groups in total. The molecule has 0 spiro atoms. The molecule has 0 saturated heterocycles. The van der Waals surface area contributed by atoms with Crippen LogP contribution in [0.15, 0.2) is 29.2 Å². The second kappa shape index (κ2) is 9.66. The molecule has 0 heterocycles. The molecular weight excluding hydrogens is 362 g/mol. The Morgan fingerprint density at radius 2 is 1.67 bits per heavy atom. The second-order valence-electron chi connectivity index (χ2n) is 7.26. The minimum absolute atomic E-state index is 0.0227. The fourth-order valence-electron chi connectivity index (χ4n) is 3.58. The van der Waals surface area contributed by atoms with Crippen molar-refractivity contribution in [1.82, 2.24) is 14.9 Å². The van der Waals surface area contributed by atoms with Crippen LogP contribution >= 0.6 is 0 Å². The van der Waals surface area contributed by atoms with Crippen LogP contribution in [0.4, 0.5) is 0 Å². The van der Waals surface area contributed by atoms with Crippen molar-refractivity contribution in [3.63, 3.8) is 0 Å². The number of sulfonamides is 1. The van der Waals surface area contributed by atoms with Crippen LogP contribution < -0.4 is 10.6 Å². The van der Waals surface area contributed by atoms with Gasteiger partial charge in [0.05, 0.1) is 10.9 Å². The third kappa shape index (κ3) is 5.53. The molecule has 1 aromatic rings. The van der Waals surface area contributed by atoms with Crippen LogP contribution in [0.1, 0.15) is 65.0 Å². The van der Waals surface area contributed by atoms with Crippen LogP contribution in [0, 0.1) is 0 Å². The molecule has 0 bridgehead atoms. The summed E-state index contributed by atoms with van der Waals surface area (Å²) < 4.78 is 26.6. The van der Waals surface area contributed by atoms with E-state index in [1.165, 1.54) is 17.1 Å². The molecule has 1 saturated carbocycles. The lowest BCUT2D eigenvalue weighted by molar-refractivity contribution is -0.123. The van der Waals surface area contributed by atoms with Gasteiger partial charge in [0, 0.05) is 25.2 Å². The summed E-state index contributed by atoms with van der Waals surface area (Å²) in [5.74, 6) is 0.0227. The van der Waals surface area contributed by atoms with Crippen LogP contribution in [0.2, 0.25) is 0 Å². The van der Waals surface area contributed by atoms with Gasteiger partial charge in [-0.1, -0.05) is 38.8 Å². The molecule has 1 amide bonds. The van der Waals surface area contributed by atoms with Crippen molar-refractivity contribution in [2.45, 2.75) is 76.4 Å². The zero-order chi connectivity index (χ0) is 20.0. The SMILES string of the molecule is CCN(CC)S(=O)(=O)c1ccc([C@@H](C)N[C@@H](C)C(=O)NC2CCCC2)cc1. The van der Waals surface area contributed by atoms with Gasteiger partial charge in [0.25, 0.3) is 0 Å². The van der Waals surface area contributed by atoms with Gasteiger partial charge in [0.1, 0.15) is 0 Å². The summed E-state index contributed by atoms with van der Waals surface area (Å²) in [7, 11) is -3.44. The van der Waals surface area contributed by atoms with Crippen LogP contribution in [0.25, 0.3) is 0 Å². The molecule has 152 valence electrons. The van der Waals surface area contributed by atoms with Gasteiger partial charge >= 0.3 is 0 Å². The molecule has 1 aromatic carbocycles. The Hall–Kier alpha value is -1.44. The van der Waals surface area contributed by atoms with Crippen molar-refractivity contribution in [3.05, 3.63) is 29.8 Å². The highest BCUT2D eigenvalue weighted by molar-refractivity contribution is 7.89. The fraction of sp³-hybridized carbons (Fsp3) is 0.650. The number of nitrogens with one attached hydrogen (secondary N) is 2. The molecule has 27 heavy (non-hydrogen) atoms. The number of rotatable bonds is 9. The number of amides is 1. The first-order valence-electron chi connectivity index (χ1n) is 9.96. The van der Waals surface area contributed by atoms with Crippen molar-refractivity contribution in [2.24, 2.45) is 0 Å². The smallest absolute Gasteiger partial charge is 0.243 e. The van der Waals surface area contributed by atoms with Gasteiger partial charge in [-0.3, -0.25) is 10.1 Å². The van der Waals surface area contributed by atoms with E-state index in [0.29, 0.717) is 24.0 Å². The summed E-state index contributed by atoms with van der Waals surface area (Å²) >= 11 is 0. The second-order valence-corrected chi connectivity index (χ2v) is 9.20. The van der Waals surface area contributed by atoms with E-state index in [-0.39, 0.29) is 18.0 Å². The predicted octanol–water partition coefficient (Wildman–Crippen LogP) is 2.82. The zero-order valence-corrected chi connectivity index (χ0v) is 17.7. The number of carbonyl (C=O) groups is 1. The van der Waals surface area contributed by atoms with E-state index in [9.17, 15) is 13.2 Å². The maximum Gasteiger partial charge on any atom is 0.243 e. The molecule has 7 heteroatoms. The molecule has 0 radical (unpaired) electrons. The third-order valence-electron chi connectivity index (χ3n) is 5.32. The number of carbonyl (C=O) groups excluding carboxylic acids is 1. The molecule has 0 aliphatic heterocycles. The van der Waals surface area contributed by atoms with Crippen LogP contribution in [-0.2, 0) is 14.8 Å². The summed E-state index contributed by atoms with van der Waals surface area (Å²) in [6, 6.07) is 6.86. The lowest BCUT2D eigenvalue weighted by atomic mass is 10.1. The standard InChI is InChI=1S/C20H33N3O3S/c1-5-23(6-2)27(25,26)19-13-11-17(12-14-19)15(3)21-16(4)20(24)22-18-9-7-8-10-18/h11-16,18,21H,5-10H2,1-4H3,(H,22,24)/t15-,16+/m1/s1. The van der Waals surface area contributed by atoms with Gasteiger partial charge in [-0.2, -0.15) is 4.31 Å². The van der Waals surface area contributed by atoms with Gasteiger partial charge in [-0.25, -0.2) is 8.42 Å². The highest BCUT2D eigenvalue weighted by atomic mass is 32.2. The van der Waals surface area contributed by atoms with Crippen molar-refractivity contribution in [3.8, 4) is 0 Å². The first-order chi connectivity index (χ1) is 12.8. The Bertz CT molecular complexity index is 708. The summed E-state index contributed by atoms with van der Waals surface area (Å²) in [5.41, 5.74) is 0.953. The lowest BCUT2D eigenvalue weighted by Gasteiger charge is -2.22. The average molecular weight is 396 g/mol. The van der Waals surface area contributed by atoms with E-state index in [2.05, 4.69) is 10.6 Å². The van der Waals surface area contributed by atoms with E-state index in [4.69, 9.17) is 0 Å². The third-order valence-corrected chi connectivity index (χ3v) is 7.38. The highest BCUT2D eigenvalue weighted by Crippen LogP contribution is 2.20. The first-order valence-corrected chi connectivity index (χ1v) is 11.4. The number of hydrogen-bond acceptors (Lipinski definition) is 4. The van der Waals surface area contributed by atoms with Gasteiger partial charge < -0.3 is 5.32 Å². The Morgan fingerprint density at radius 1 is 1.11 bits per heavy atom. The van der Waals surface area contributed by atoms with Crippen LogP contribution in [-0.4, -0.2) is 43.8 Å². The van der Waals surface area contributed by atoms with Gasteiger partial charge in [0.2, 0.25) is 15.9 Å². The van der Waals surface area contributed by atoms with E-state index >= 15 is 0 Å². The largest absolute Gasteiger partial charge is 0.352 e. The van der Waals surface area contributed by atoms with Crippen molar-refractivity contribution < 1.29 is 13.2 Å². The molecule has 0 aromatic heterocycles. The normalized spacial score (nSPS) is 17.8. The fourth-order valence-corrected chi connectivity index (χ4v) is 5.04. The van der Waals surface area contributed by atoms with Crippen molar-refractivity contribution in [1.29, 1.82) is 0 Å².